The lowest BCUT2D eigenvalue weighted by atomic mass is 10.3. The molecule has 0 saturated heterocycles. The van der Waals surface area contributed by atoms with Gasteiger partial charge >= 0.3 is 0 Å². The van der Waals surface area contributed by atoms with Gasteiger partial charge in [0.1, 0.15) is 0 Å². The standard InChI is InChI=1S/C12H23N3O2/c1-2-17-10-12(16)9-13-5-3-4-7-15-8-6-14-11-15/h6,8,11-13,16H,2-5,7,9-10H2,1H3. The Morgan fingerprint density at radius 3 is 3.06 bits per heavy atom. The second kappa shape index (κ2) is 9.15. The first-order valence-corrected chi connectivity index (χ1v) is 6.25. The van der Waals surface area contributed by atoms with Crippen molar-refractivity contribution in [3.05, 3.63) is 18.7 Å². The molecule has 1 atom stereocenters. The van der Waals surface area contributed by atoms with Crippen molar-refractivity contribution in [3.8, 4) is 0 Å². The van der Waals surface area contributed by atoms with Gasteiger partial charge in [-0.15, -0.1) is 0 Å². The van der Waals surface area contributed by atoms with Gasteiger partial charge in [-0.05, 0) is 26.3 Å². The van der Waals surface area contributed by atoms with Gasteiger partial charge in [0.25, 0.3) is 0 Å². The highest BCUT2D eigenvalue weighted by molar-refractivity contribution is 4.73. The third-order valence-corrected chi connectivity index (χ3v) is 2.47. The van der Waals surface area contributed by atoms with E-state index in [1.54, 1.807) is 6.20 Å². The average molecular weight is 241 g/mol. The molecular weight excluding hydrogens is 218 g/mol. The Bertz CT molecular complexity index is 265. The van der Waals surface area contributed by atoms with Crippen molar-refractivity contribution in [1.82, 2.24) is 14.9 Å². The summed E-state index contributed by atoms with van der Waals surface area (Å²) >= 11 is 0. The highest BCUT2D eigenvalue weighted by Crippen LogP contribution is 1.94. The van der Waals surface area contributed by atoms with E-state index in [1.165, 1.54) is 0 Å². The molecule has 1 unspecified atom stereocenters. The second-order valence-corrected chi connectivity index (χ2v) is 4.03. The Hall–Kier alpha value is -0.910. The Labute approximate surface area is 103 Å². The van der Waals surface area contributed by atoms with E-state index >= 15 is 0 Å². The summed E-state index contributed by atoms with van der Waals surface area (Å²) in [7, 11) is 0. The molecule has 0 bridgehead atoms. The highest BCUT2D eigenvalue weighted by atomic mass is 16.5. The Kier molecular flexibility index (Phi) is 7.62. The molecule has 0 spiro atoms. The van der Waals surface area contributed by atoms with E-state index in [4.69, 9.17) is 4.74 Å². The molecule has 5 heteroatoms. The zero-order chi connectivity index (χ0) is 12.3. The van der Waals surface area contributed by atoms with E-state index in [-0.39, 0.29) is 0 Å². The van der Waals surface area contributed by atoms with Crippen molar-refractivity contribution in [2.45, 2.75) is 32.4 Å². The molecule has 98 valence electrons. The van der Waals surface area contributed by atoms with E-state index in [2.05, 4.69) is 14.9 Å². The number of aromatic nitrogens is 2. The van der Waals surface area contributed by atoms with Crippen molar-refractivity contribution in [3.63, 3.8) is 0 Å². The number of aliphatic hydroxyl groups is 1. The quantitative estimate of drug-likeness (QED) is 0.591. The Morgan fingerprint density at radius 1 is 1.47 bits per heavy atom. The minimum Gasteiger partial charge on any atom is -0.389 e. The summed E-state index contributed by atoms with van der Waals surface area (Å²) < 4.78 is 7.20. The number of hydrogen-bond donors (Lipinski definition) is 2. The van der Waals surface area contributed by atoms with E-state index in [0.717, 1.165) is 25.9 Å². The van der Waals surface area contributed by atoms with Crippen LogP contribution in [0.1, 0.15) is 19.8 Å². The molecule has 17 heavy (non-hydrogen) atoms. The third-order valence-electron chi connectivity index (χ3n) is 2.47. The fourth-order valence-corrected chi connectivity index (χ4v) is 1.54. The lowest BCUT2D eigenvalue weighted by molar-refractivity contribution is 0.0429. The van der Waals surface area contributed by atoms with Gasteiger partial charge in [-0.2, -0.15) is 0 Å². The highest BCUT2D eigenvalue weighted by Gasteiger charge is 2.02. The number of unbranched alkanes of at least 4 members (excludes halogenated alkanes) is 1. The zero-order valence-corrected chi connectivity index (χ0v) is 10.5. The molecule has 0 saturated carbocycles. The number of ether oxygens (including phenoxy) is 1. The van der Waals surface area contributed by atoms with E-state index in [0.29, 0.717) is 19.8 Å². The summed E-state index contributed by atoms with van der Waals surface area (Å²) in [6, 6.07) is 0. The summed E-state index contributed by atoms with van der Waals surface area (Å²) in [5.41, 5.74) is 0. The van der Waals surface area contributed by atoms with Gasteiger partial charge < -0.3 is 19.7 Å². The van der Waals surface area contributed by atoms with Crippen LogP contribution in [-0.4, -0.2) is 47.1 Å². The lowest BCUT2D eigenvalue weighted by Gasteiger charge is -2.11. The topological polar surface area (TPSA) is 59.3 Å². The minimum absolute atomic E-state index is 0.399. The number of rotatable bonds is 10. The van der Waals surface area contributed by atoms with Crippen molar-refractivity contribution in [2.75, 3.05) is 26.3 Å². The van der Waals surface area contributed by atoms with Crippen LogP contribution in [0.5, 0.6) is 0 Å². The third kappa shape index (κ3) is 7.10. The molecule has 1 aromatic heterocycles. The van der Waals surface area contributed by atoms with Crippen LogP contribution in [-0.2, 0) is 11.3 Å². The molecule has 0 radical (unpaired) electrons. The normalized spacial score (nSPS) is 12.8. The summed E-state index contributed by atoms with van der Waals surface area (Å²) in [5, 5.41) is 12.7. The van der Waals surface area contributed by atoms with Crippen molar-refractivity contribution in [1.29, 1.82) is 0 Å². The Balaban J connectivity index is 1.87. The second-order valence-electron chi connectivity index (χ2n) is 4.03. The van der Waals surface area contributed by atoms with Crippen LogP contribution < -0.4 is 5.32 Å². The SMILES string of the molecule is CCOCC(O)CNCCCCn1ccnc1. The van der Waals surface area contributed by atoms with Gasteiger partial charge in [-0.25, -0.2) is 4.98 Å². The summed E-state index contributed by atoms with van der Waals surface area (Å²) in [5.74, 6) is 0. The van der Waals surface area contributed by atoms with Crippen LogP contribution in [0.3, 0.4) is 0 Å². The van der Waals surface area contributed by atoms with Crippen LogP contribution in [0.15, 0.2) is 18.7 Å². The molecule has 2 N–H and O–H groups in total. The number of nitrogens with zero attached hydrogens (tertiary/aromatic N) is 2. The zero-order valence-electron chi connectivity index (χ0n) is 10.5. The molecule has 5 nitrogen and oxygen atoms in total. The number of hydrogen-bond acceptors (Lipinski definition) is 4. The van der Waals surface area contributed by atoms with Gasteiger partial charge in [-0.1, -0.05) is 0 Å². The maximum atomic E-state index is 9.49. The van der Waals surface area contributed by atoms with Gasteiger partial charge in [0.2, 0.25) is 0 Å². The predicted octanol–water partition coefficient (Wildman–Crippen LogP) is 0.650. The van der Waals surface area contributed by atoms with Crippen molar-refractivity contribution in [2.24, 2.45) is 0 Å². The van der Waals surface area contributed by atoms with E-state index in [1.807, 2.05) is 19.4 Å². The fraction of sp³-hybridized carbons (Fsp3) is 0.750. The Morgan fingerprint density at radius 2 is 2.35 bits per heavy atom. The van der Waals surface area contributed by atoms with Crippen molar-refractivity contribution < 1.29 is 9.84 Å². The minimum atomic E-state index is -0.399. The maximum absolute atomic E-state index is 9.49. The smallest absolute Gasteiger partial charge is 0.0945 e. The number of aliphatic hydroxyl groups excluding tert-OH is 1. The molecule has 0 aliphatic carbocycles. The number of nitrogens with one attached hydrogen (secondary N) is 1. The van der Waals surface area contributed by atoms with Gasteiger partial charge in [-0.3, -0.25) is 0 Å². The van der Waals surface area contributed by atoms with Crippen LogP contribution in [0.2, 0.25) is 0 Å². The van der Waals surface area contributed by atoms with Crippen LogP contribution in [0, 0.1) is 0 Å². The first kappa shape index (κ1) is 14.2. The molecule has 0 aliphatic heterocycles. The molecule has 0 aromatic carbocycles. The maximum Gasteiger partial charge on any atom is 0.0945 e. The summed E-state index contributed by atoms with van der Waals surface area (Å²) in [6.07, 6.45) is 7.41. The van der Waals surface area contributed by atoms with E-state index < -0.39 is 6.10 Å². The average Bonchev–Trinajstić information content (AvgIpc) is 2.84. The van der Waals surface area contributed by atoms with Crippen LogP contribution in [0.25, 0.3) is 0 Å². The molecule has 0 aliphatic rings. The van der Waals surface area contributed by atoms with Gasteiger partial charge in [0, 0.05) is 32.1 Å². The van der Waals surface area contributed by atoms with Crippen LogP contribution >= 0.6 is 0 Å². The molecule has 1 heterocycles. The van der Waals surface area contributed by atoms with Crippen LogP contribution in [0.4, 0.5) is 0 Å². The molecular formula is C12H23N3O2. The lowest BCUT2D eigenvalue weighted by Crippen LogP contribution is -2.31. The fourth-order valence-electron chi connectivity index (χ4n) is 1.54. The van der Waals surface area contributed by atoms with Crippen molar-refractivity contribution >= 4 is 0 Å². The van der Waals surface area contributed by atoms with Gasteiger partial charge in [0.05, 0.1) is 19.0 Å². The first-order chi connectivity index (χ1) is 8.33. The molecule has 1 aromatic rings. The number of aryl methyl sites for hydroxylation is 1. The summed E-state index contributed by atoms with van der Waals surface area (Å²) in [4.78, 5) is 3.99. The largest absolute Gasteiger partial charge is 0.389 e. The number of imidazole rings is 1. The van der Waals surface area contributed by atoms with E-state index in [9.17, 15) is 5.11 Å². The monoisotopic (exact) mass is 241 g/mol. The molecule has 1 rings (SSSR count). The molecule has 0 fully saturated rings. The summed E-state index contributed by atoms with van der Waals surface area (Å²) in [6.45, 7) is 5.53. The van der Waals surface area contributed by atoms with Gasteiger partial charge in [0.15, 0.2) is 0 Å². The predicted molar refractivity (Wildman–Crippen MR) is 66.8 cm³/mol. The first-order valence-electron chi connectivity index (χ1n) is 6.25. The molecule has 0 amide bonds.